The highest BCUT2D eigenvalue weighted by Crippen LogP contribution is 2.32. The van der Waals surface area contributed by atoms with Crippen LogP contribution in [0.3, 0.4) is 0 Å². The van der Waals surface area contributed by atoms with Crippen molar-refractivity contribution in [3.8, 4) is 0 Å². The molecule has 4 aromatic rings. The lowest BCUT2D eigenvalue weighted by atomic mass is 10.1. The molecular weight excluding hydrogens is 505 g/mol. The Morgan fingerprint density at radius 1 is 1.16 bits per heavy atom. The zero-order valence-corrected chi connectivity index (χ0v) is 20.9. The predicted octanol–water partition coefficient (Wildman–Crippen LogP) is 4.89. The zero-order chi connectivity index (χ0) is 26.3. The fraction of sp³-hybridized carbons (Fsp3) is 0.269. The van der Waals surface area contributed by atoms with Crippen LogP contribution >= 0.6 is 11.3 Å². The van der Waals surface area contributed by atoms with Crippen LogP contribution in [0.5, 0.6) is 0 Å². The molecule has 0 spiro atoms. The maximum Gasteiger partial charge on any atom is 0.416 e. The number of halogens is 3. The number of anilines is 2. The second-order valence-electron chi connectivity index (χ2n) is 8.53. The Hall–Kier alpha value is -3.86. The number of thiophene rings is 1. The van der Waals surface area contributed by atoms with Crippen molar-refractivity contribution in [2.24, 2.45) is 0 Å². The molecule has 0 saturated heterocycles. The number of carbonyl (C=O) groups is 1. The van der Waals surface area contributed by atoms with Crippen LogP contribution in [-0.2, 0) is 19.1 Å². The van der Waals surface area contributed by atoms with Crippen LogP contribution < -0.4 is 15.3 Å². The van der Waals surface area contributed by atoms with Gasteiger partial charge in [-0.15, -0.1) is 16.1 Å². The lowest BCUT2D eigenvalue weighted by molar-refractivity contribution is -0.137. The minimum Gasteiger partial charge on any atom is -0.411 e. The van der Waals surface area contributed by atoms with E-state index in [4.69, 9.17) is 4.84 Å². The molecule has 37 heavy (non-hydrogen) atoms. The highest BCUT2D eigenvalue weighted by Gasteiger charge is 2.32. The van der Waals surface area contributed by atoms with E-state index in [1.807, 2.05) is 30.3 Å². The standard InChI is InChI=1S/C26H23F3N4O3S/c1-3-32(18-10-8-17(9-11-18)26(27,28)29)25-30-20-12-13-31(15-19(20)23(34)33(25)36-2)24(35)22-14-16-6-4-5-7-21(16)37-22/h4-11,14H,3,12-13,15H2,1-2H3. The molecule has 7 nitrogen and oxygen atoms in total. The number of hydrogen-bond acceptors (Lipinski definition) is 6. The van der Waals surface area contributed by atoms with Crippen molar-refractivity contribution >= 4 is 39.0 Å². The van der Waals surface area contributed by atoms with Gasteiger partial charge in [-0.2, -0.15) is 13.2 Å². The normalized spacial score (nSPS) is 13.5. The van der Waals surface area contributed by atoms with Gasteiger partial charge in [0.25, 0.3) is 11.5 Å². The number of fused-ring (bicyclic) bond motifs is 2. The Balaban J connectivity index is 1.47. The zero-order valence-electron chi connectivity index (χ0n) is 20.1. The Kier molecular flexibility index (Phi) is 6.40. The molecule has 5 rings (SSSR count). The Morgan fingerprint density at radius 2 is 1.89 bits per heavy atom. The third-order valence-corrected chi connectivity index (χ3v) is 7.45. The molecule has 2 aromatic heterocycles. The van der Waals surface area contributed by atoms with Gasteiger partial charge >= 0.3 is 6.18 Å². The fourth-order valence-electron chi connectivity index (χ4n) is 4.47. The molecule has 0 unspecified atom stereocenters. The van der Waals surface area contributed by atoms with Gasteiger partial charge in [0.15, 0.2) is 0 Å². The van der Waals surface area contributed by atoms with E-state index in [1.54, 1.807) is 16.7 Å². The minimum atomic E-state index is -4.45. The summed E-state index contributed by atoms with van der Waals surface area (Å²) in [5.74, 6) is 0.0111. The van der Waals surface area contributed by atoms with E-state index in [0.29, 0.717) is 41.3 Å². The van der Waals surface area contributed by atoms with Gasteiger partial charge in [0.2, 0.25) is 5.95 Å². The average molecular weight is 529 g/mol. The third kappa shape index (κ3) is 4.55. The molecule has 0 aliphatic carbocycles. The molecule has 1 aliphatic rings. The van der Waals surface area contributed by atoms with Crippen LogP contribution in [-0.4, -0.2) is 40.7 Å². The van der Waals surface area contributed by atoms with Crippen LogP contribution in [0.2, 0.25) is 0 Å². The van der Waals surface area contributed by atoms with Crippen LogP contribution in [0.15, 0.2) is 59.4 Å². The van der Waals surface area contributed by atoms with Crippen LogP contribution in [0.1, 0.15) is 33.4 Å². The lowest BCUT2D eigenvalue weighted by Gasteiger charge is -2.30. The first kappa shape index (κ1) is 24.8. The highest BCUT2D eigenvalue weighted by molar-refractivity contribution is 7.20. The largest absolute Gasteiger partial charge is 0.416 e. The summed E-state index contributed by atoms with van der Waals surface area (Å²) < 4.78 is 41.1. The van der Waals surface area contributed by atoms with E-state index in [1.165, 1.54) is 30.6 Å². The van der Waals surface area contributed by atoms with Gasteiger partial charge in [-0.05, 0) is 48.7 Å². The third-order valence-electron chi connectivity index (χ3n) is 6.35. The first-order valence-electron chi connectivity index (χ1n) is 11.6. The van der Waals surface area contributed by atoms with E-state index < -0.39 is 17.3 Å². The molecule has 1 amide bonds. The van der Waals surface area contributed by atoms with Gasteiger partial charge in [0.05, 0.1) is 28.2 Å². The summed E-state index contributed by atoms with van der Waals surface area (Å²) in [7, 11) is 1.32. The van der Waals surface area contributed by atoms with Crippen molar-refractivity contribution in [3.63, 3.8) is 0 Å². The molecule has 0 radical (unpaired) electrons. The summed E-state index contributed by atoms with van der Waals surface area (Å²) in [4.78, 5) is 40.5. The minimum absolute atomic E-state index is 0.0876. The number of hydrogen-bond donors (Lipinski definition) is 0. The van der Waals surface area contributed by atoms with Gasteiger partial charge in [-0.1, -0.05) is 18.2 Å². The van der Waals surface area contributed by atoms with Crippen LogP contribution in [0.4, 0.5) is 24.8 Å². The van der Waals surface area contributed by atoms with Gasteiger partial charge < -0.3 is 14.6 Å². The number of nitrogens with zero attached hydrogens (tertiary/aromatic N) is 4. The number of carbonyl (C=O) groups excluding carboxylic acids is 1. The smallest absolute Gasteiger partial charge is 0.411 e. The van der Waals surface area contributed by atoms with Crippen molar-refractivity contribution in [2.45, 2.75) is 26.1 Å². The lowest BCUT2D eigenvalue weighted by Crippen LogP contribution is -2.43. The van der Waals surface area contributed by atoms with E-state index in [2.05, 4.69) is 4.98 Å². The number of benzene rings is 2. The second-order valence-corrected chi connectivity index (χ2v) is 9.62. The number of aromatic nitrogens is 2. The molecule has 192 valence electrons. The van der Waals surface area contributed by atoms with Gasteiger partial charge in [0.1, 0.15) is 7.11 Å². The van der Waals surface area contributed by atoms with Crippen molar-refractivity contribution in [1.82, 2.24) is 14.6 Å². The Bertz CT molecular complexity index is 1500. The summed E-state index contributed by atoms with van der Waals surface area (Å²) in [6.07, 6.45) is -4.09. The fourth-order valence-corrected chi connectivity index (χ4v) is 5.50. The van der Waals surface area contributed by atoms with Gasteiger partial charge in [-0.3, -0.25) is 9.59 Å². The second kappa shape index (κ2) is 9.55. The summed E-state index contributed by atoms with van der Waals surface area (Å²) in [6.45, 7) is 2.60. The highest BCUT2D eigenvalue weighted by atomic mass is 32.1. The number of rotatable bonds is 5. The first-order valence-corrected chi connectivity index (χ1v) is 12.4. The summed E-state index contributed by atoms with van der Waals surface area (Å²) in [6, 6.07) is 14.3. The molecule has 3 heterocycles. The Morgan fingerprint density at radius 3 is 2.54 bits per heavy atom. The summed E-state index contributed by atoms with van der Waals surface area (Å²) in [5, 5.41) is 0.990. The summed E-state index contributed by atoms with van der Waals surface area (Å²) >= 11 is 1.41. The molecular formula is C26H23F3N4O3S. The monoisotopic (exact) mass is 528 g/mol. The van der Waals surface area contributed by atoms with Crippen molar-refractivity contribution in [3.05, 3.63) is 86.6 Å². The van der Waals surface area contributed by atoms with E-state index in [-0.39, 0.29) is 18.4 Å². The van der Waals surface area contributed by atoms with Crippen molar-refractivity contribution in [2.75, 3.05) is 25.1 Å². The number of amides is 1. The molecule has 2 aromatic carbocycles. The van der Waals surface area contributed by atoms with Crippen molar-refractivity contribution < 1.29 is 22.8 Å². The average Bonchev–Trinajstić information content (AvgIpc) is 3.33. The quantitative estimate of drug-likeness (QED) is 0.369. The first-order chi connectivity index (χ1) is 17.7. The Labute approximate surface area is 214 Å². The molecule has 1 aliphatic heterocycles. The molecule has 0 fully saturated rings. The molecule has 0 N–H and O–H groups in total. The SMILES string of the molecule is CCN(c1ccc(C(F)(F)F)cc1)c1nc2c(c(=O)n1OC)CN(C(=O)c1cc3ccccc3s1)CC2. The van der Waals surface area contributed by atoms with Gasteiger partial charge in [-0.25, -0.2) is 4.98 Å². The maximum atomic E-state index is 13.4. The van der Waals surface area contributed by atoms with Crippen LogP contribution in [0.25, 0.3) is 10.1 Å². The molecule has 11 heteroatoms. The van der Waals surface area contributed by atoms with E-state index in [9.17, 15) is 22.8 Å². The number of alkyl halides is 3. The molecule has 0 saturated carbocycles. The summed E-state index contributed by atoms with van der Waals surface area (Å²) in [5.41, 5.74) is 0.110. The van der Waals surface area contributed by atoms with Crippen molar-refractivity contribution in [1.29, 1.82) is 0 Å². The molecule has 0 atom stereocenters. The predicted molar refractivity (Wildman–Crippen MR) is 135 cm³/mol. The topological polar surface area (TPSA) is 67.7 Å². The van der Waals surface area contributed by atoms with E-state index >= 15 is 0 Å². The molecule has 0 bridgehead atoms. The van der Waals surface area contributed by atoms with Crippen LogP contribution in [0, 0.1) is 0 Å². The van der Waals surface area contributed by atoms with Gasteiger partial charge in [0, 0.05) is 29.9 Å². The van der Waals surface area contributed by atoms with E-state index in [0.717, 1.165) is 26.9 Å². The maximum absolute atomic E-state index is 13.4.